The summed E-state index contributed by atoms with van der Waals surface area (Å²) in [6.45, 7) is 2.08. The van der Waals surface area contributed by atoms with E-state index in [1.807, 2.05) is 18.2 Å². The molecule has 2 aromatic rings. The van der Waals surface area contributed by atoms with Crippen molar-refractivity contribution in [1.29, 1.82) is 0 Å². The molecule has 0 atom stereocenters. The Balaban J connectivity index is 0.000000313. The molecule has 2 aromatic carbocycles. The zero-order valence-electron chi connectivity index (χ0n) is 12.3. The molecule has 8 heteroatoms. The van der Waals surface area contributed by atoms with Crippen molar-refractivity contribution in [3.8, 4) is 0 Å². The van der Waals surface area contributed by atoms with Gasteiger partial charge in [0.25, 0.3) is 9.05 Å². The van der Waals surface area contributed by atoms with E-state index in [9.17, 15) is 8.42 Å². The first-order valence-corrected chi connectivity index (χ1v) is 14.2. The molecule has 2 rings (SSSR count). The number of rotatable bonds is 4. The molecule has 0 aromatic heterocycles. The summed E-state index contributed by atoms with van der Waals surface area (Å²) in [6, 6.07) is 14.4. The SMILES string of the molecule is Cc1ccccc1.O=S(=O)(Cl)c1ccc(CC[Si](Cl)(Cl)Cl)cc1. The van der Waals surface area contributed by atoms with Crippen molar-refractivity contribution in [1.82, 2.24) is 0 Å². The summed E-state index contributed by atoms with van der Waals surface area (Å²) in [5.41, 5.74) is 2.24. The fourth-order valence-corrected chi connectivity index (χ4v) is 3.83. The average molecular weight is 430 g/mol. The lowest BCUT2D eigenvalue weighted by atomic mass is 10.2. The molecular formula is C15H16Cl4O2SSi. The van der Waals surface area contributed by atoms with Crippen molar-refractivity contribution in [3.63, 3.8) is 0 Å². The molecule has 0 spiro atoms. The Morgan fingerprint density at radius 1 is 0.913 bits per heavy atom. The summed E-state index contributed by atoms with van der Waals surface area (Å²) in [4.78, 5) is 0.0732. The molecule has 0 aliphatic heterocycles. The molecular weight excluding hydrogens is 414 g/mol. The van der Waals surface area contributed by atoms with Gasteiger partial charge >= 0.3 is 6.00 Å². The fourth-order valence-electron chi connectivity index (χ4n) is 1.64. The molecule has 126 valence electrons. The van der Waals surface area contributed by atoms with E-state index < -0.39 is 15.1 Å². The maximum Gasteiger partial charge on any atom is 0.341 e. The Hall–Kier alpha value is -0.233. The third-order valence-corrected chi connectivity index (χ3v) is 6.73. The molecule has 0 unspecified atom stereocenters. The predicted molar refractivity (Wildman–Crippen MR) is 102 cm³/mol. The van der Waals surface area contributed by atoms with E-state index in [1.54, 1.807) is 12.1 Å². The van der Waals surface area contributed by atoms with E-state index in [0.29, 0.717) is 12.5 Å². The van der Waals surface area contributed by atoms with E-state index in [4.69, 9.17) is 43.9 Å². The Labute approximate surface area is 156 Å². The largest absolute Gasteiger partial charge is 0.341 e. The minimum Gasteiger partial charge on any atom is -0.207 e. The summed E-state index contributed by atoms with van der Waals surface area (Å²) in [7, 11) is 1.52. The van der Waals surface area contributed by atoms with Gasteiger partial charge in [0.1, 0.15) is 0 Å². The molecule has 0 N–H and O–H groups in total. The van der Waals surface area contributed by atoms with Crippen LogP contribution in [0.25, 0.3) is 0 Å². The van der Waals surface area contributed by atoms with Crippen molar-refractivity contribution in [3.05, 3.63) is 65.7 Å². The summed E-state index contributed by atoms with van der Waals surface area (Å²) < 4.78 is 21.9. The molecule has 0 fully saturated rings. The number of hydrogen-bond donors (Lipinski definition) is 0. The van der Waals surface area contributed by atoms with Gasteiger partial charge in [-0.25, -0.2) is 8.42 Å². The summed E-state index contributed by atoms with van der Waals surface area (Å²) in [5.74, 6) is 0. The van der Waals surface area contributed by atoms with Crippen LogP contribution >= 0.6 is 43.9 Å². The van der Waals surface area contributed by atoms with Crippen LogP contribution in [0.1, 0.15) is 11.1 Å². The first-order chi connectivity index (χ1) is 10.6. The molecule has 0 saturated heterocycles. The van der Waals surface area contributed by atoms with E-state index in [2.05, 4.69) is 19.1 Å². The van der Waals surface area contributed by atoms with Crippen LogP contribution in [0.5, 0.6) is 0 Å². The monoisotopic (exact) mass is 428 g/mol. The average Bonchev–Trinajstić information content (AvgIpc) is 2.45. The van der Waals surface area contributed by atoms with Gasteiger partial charge in [0.2, 0.25) is 0 Å². The van der Waals surface area contributed by atoms with Gasteiger partial charge in [-0.05, 0) is 37.1 Å². The maximum absolute atomic E-state index is 11.0. The van der Waals surface area contributed by atoms with Crippen LogP contribution < -0.4 is 0 Å². The number of benzene rings is 2. The Bertz CT molecular complexity index is 699. The molecule has 0 bridgehead atoms. The summed E-state index contributed by atoms with van der Waals surface area (Å²) in [6.07, 6.45) is 0.616. The first-order valence-electron chi connectivity index (χ1n) is 6.70. The zero-order valence-corrected chi connectivity index (χ0v) is 17.2. The van der Waals surface area contributed by atoms with Gasteiger partial charge in [-0.1, -0.05) is 48.0 Å². The lowest BCUT2D eigenvalue weighted by Crippen LogP contribution is -2.09. The van der Waals surface area contributed by atoms with Crippen molar-refractivity contribution < 1.29 is 8.42 Å². The minimum atomic E-state index is -3.66. The van der Waals surface area contributed by atoms with Crippen LogP contribution in [0, 0.1) is 6.92 Å². The van der Waals surface area contributed by atoms with Crippen molar-refractivity contribution in [2.45, 2.75) is 24.3 Å². The summed E-state index contributed by atoms with van der Waals surface area (Å²) in [5, 5.41) is 0. The molecule has 0 saturated carbocycles. The van der Waals surface area contributed by atoms with E-state index in [-0.39, 0.29) is 4.90 Å². The number of hydrogen-bond acceptors (Lipinski definition) is 2. The molecule has 0 amide bonds. The highest BCUT2D eigenvalue weighted by molar-refractivity contribution is 8.13. The van der Waals surface area contributed by atoms with Gasteiger partial charge in [0, 0.05) is 10.7 Å². The molecule has 0 radical (unpaired) electrons. The van der Waals surface area contributed by atoms with E-state index >= 15 is 0 Å². The lowest BCUT2D eigenvalue weighted by molar-refractivity contribution is 0.609. The smallest absolute Gasteiger partial charge is 0.207 e. The fraction of sp³-hybridized carbons (Fsp3) is 0.200. The predicted octanol–water partition coefficient (Wildman–Crippen LogP) is 5.81. The van der Waals surface area contributed by atoms with Gasteiger partial charge in [-0.2, -0.15) is 0 Å². The topological polar surface area (TPSA) is 34.1 Å². The van der Waals surface area contributed by atoms with Crippen LogP contribution in [0.4, 0.5) is 0 Å². The van der Waals surface area contributed by atoms with Crippen LogP contribution in [-0.4, -0.2) is 14.4 Å². The van der Waals surface area contributed by atoms with Gasteiger partial charge in [0.05, 0.1) is 4.90 Å². The quantitative estimate of drug-likeness (QED) is 0.349. The molecule has 0 aliphatic rings. The van der Waals surface area contributed by atoms with Crippen molar-refractivity contribution in [2.24, 2.45) is 0 Å². The Morgan fingerprint density at radius 2 is 1.43 bits per heavy atom. The van der Waals surface area contributed by atoms with Gasteiger partial charge in [0.15, 0.2) is 0 Å². The van der Waals surface area contributed by atoms with E-state index in [1.165, 1.54) is 17.7 Å². The minimum absolute atomic E-state index is 0.0732. The van der Waals surface area contributed by atoms with Gasteiger partial charge < -0.3 is 0 Å². The van der Waals surface area contributed by atoms with Gasteiger partial charge in [-0.3, -0.25) is 0 Å². The standard InChI is InChI=1S/C8H8Cl4O2SSi.C7H8/c9-15(13,14)8-3-1-7(2-4-8)5-6-16(10,11)12;1-7-5-3-2-4-6-7/h1-4H,5-6H2;2-6H,1H3. The zero-order chi connectivity index (χ0) is 17.5. The Morgan fingerprint density at radius 3 is 1.78 bits per heavy atom. The lowest BCUT2D eigenvalue weighted by Gasteiger charge is -2.07. The van der Waals surface area contributed by atoms with Crippen LogP contribution in [0.15, 0.2) is 59.5 Å². The van der Waals surface area contributed by atoms with Crippen LogP contribution in [0.3, 0.4) is 0 Å². The third kappa shape index (κ3) is 9.60. The number of halogens is 4. The maximum atomic E-state index is 11.0. The molecule has 23 heavy (non-hydrogen) atoms. The van der Waals surface area contributed by atoms with Gasteiger partial charge in [-0.15, -0.1) is 33.2 Å². The first kappa shape index (κ1) is 20.8. The molecule has 2 nitrogen and oxygen atoms in total. The second kappa shape index (κ2) is 9.30. The van der Waals surface area contributed by atoms with Crippen molar-refractivity contribution >= 4 is 59.0 Å². The van der Waals surface area contributed by atoms with E-state index in [0.717, 1.165) is 5.56 Å². The summed E-state index contributed by atoms with van der Waals surface area (Å²) >= 11 is 17.2. The molecule has 0 aliphatic carbocycles. The van der Waals surface area contributed by atoms with Crippen LogP contribution in [-0.2, 0) is 15.5 Å². The number of aryl methyl sites for hydroxylation is 2. The molecule has 0 heterocycles. The highest BCUT2D eigenvalue weighted by Gasteiger charge is 2.24. The highest BCUT2D eigenvalue weighted by Crippen LogP contribution is 2.27. The highest BCUT2D eigenvalue weighted by atomic mass is 35.8. The second-order valence-corrected chi connectivity index (χ2v) is 16.7. The third-order valence-electron chi connectivity index (χ3n) is 2.84. The van der Waals surface area contributed by atoms with Crippen LogP contribution in [0.2, 0.25) is 6.04 Å². The van der Waals surface area contributed by atoms with Crippen molar-refractivity contribution in [2.75, 3.05) is 0 Å². The Kier molecular flexibility index (Phi) is 8.42. The normalized spacial score (nSPS) is 11.5. The second-order valence-electron chi connectivity index (χ2n) is 4.85.